The van der Waals surface area contributed by atoms with Gasteiger partial charge in [-0.3, -0.25) is 9.69 Å². The molecule has 6 nitrogen and oxygen atoms in total. The Balaban J connectivity index is 1.52. The summed E-state index contributed by atoms with van der Waals surface area (Å²) in [6, 6.07) is 13.4. The number of benzene rings is 2. The molecule has 162 valence electrons. The van der Waals surface area contributed by atoms with Crippen LogP contribution in [0.3, 0.4) is 0 Å². The molecule has 1 aromatic heterocycles. The molecule has 0 bridgehead atoms. The van der Waals surface area contributed by atoms with Crippen molar-refractivity contribution in [1.29, 1.82) is 0 Å². The maximum absolute atomic E-state index is 12.8. The van der Waals surface area contributed by atoms with Crippen LogP contribution >= 0.6 is 11.6 Å². The van der Waals surface area contributed by atoms with E-state index in [9.17, 15) is 4.79 Å². The van der Waals surface area contributed by atoms with Crippen LogP contribution in [0, 0.1) is 0 Å². The molecule has 31 heavy (non-hydrogen) atoms. The summed E-state index contributed by atoms with van der Waals surface area (Å²) in [6.07, 6.45) is 0.731. The Bertz CT molecular complexity index is 1110. The molecule has 1 aliphatic rings. The lowest BCUT2D eigenvalue weighted by Crippen LogP contribution is -2.35. The number of ether oxygens (including phenoxy) is 2. The lowest BCUT2D eigenvalue weighted by atomic mass is 10.1. The average Bonchev–Trinajstić information content (AvgIpc) is 2.77. The molecule has 1 N–H and O–H groups in total. The van der Waals surface area contributed by atoms with Crippen molar-refractivity contribution in [3.63, 3.8) is 0 Å². The zero-order valence-electron chi connectivity index (χ0n) is 17.8. The van der Waals surface area contributed by atoms with Crippen LogP contribution < -0.4 is 15.0 Å². The smallest absolute Gasteiger partial charge is 0.255 e. The summed E-state index contributed by atoms with van der Waals surface area (Å²) in [6.45, 7) is 7.22. The second kappa shape index (κ2) is 9.54. The summed E-state index contributed by atoms with van der Waals surface area (Å²) in [5, 5.41) is 0.654. The molecular weight excluding hydrogens is 414 g/mol. The molecular formula is C24H26ClN3O3. The van der Waals surface area contributed by atoms with Gasteiger partial charge in [0.2, 0.25) is 0 Å². The van der Waals surface area contributed by atoms with Gasteiger partial charge in [-0.25, -0.2) is 4.98 Å². The molecule has 0 amide bonds. The summed E-state index contributed by atoms with van der Waals surface area (Å²) in [5.74, 6) is 2.10. The Labute approximate surface area is 186 Å². The number of hydrogen-bond donors (Lipinski definition) is 1. The van der Waals surface area contributed by atoms with Crippen LogP contribution in [-0.2, 0) is 19.5 Å². The van der Waals surface area contributed by atoms with Gasteiger partial charge in [-0.15, -0.1) is 0 Å². The molecule has 2 heterocycles. The zero-order valence-corrected chi connectivity index (χ0v) is 18.5. The highest BCUT2D eigenvalue weighted by Gasteiger charge is 2.22. The molecule has 3 aromatic rings. The maximum atomic E-state index is 12.8. The van der Waals surface area contributed by atoms with E-state index in [1.807, 2.05) is 38.1 Å². The summed E-state index contributed by atoms with van der Waals surface area (Å²) < 4.78 is 11.4. The van der Waals surface area contributed by atoms with Crippen molar-refractivity contribution in [1.82, 2.24) is 14.9 Å². The summed E-state index contributed by atoms with van der Waals surface area (Å²) in [4.78, 5) is 22.7. The van der Waals surface area contributed by atoms with Crippen LogP contribution in [0.5, 0.6) is 11.5 Å². The minimum atomic E-state index is -0.0821. The molecule has 0 spiro atoms. The fraction of sp³-hybridized carbons (Fsp3) is 0.333. The zero-order chi connectivity index (χ0) is 21.8. The average molecular weight is 440 g/mol. The highest BCUT2D eigenvalue weighted by Crippen LogP contribution is 2.29. The van der Waals surface area contributed by atoms with E-state index >= 15 is 0 Å². The van der Waals surface area contributed by atoms with Gasteiger partial charge in [0.25, 0.3) is 5.56 Å². The molecule has 0 atom stereocenters. The van der Waals surface area contributed by atoms with Crippen molar-refractivity contribution in [2.24, 2.45) is 0 Å². The van der Waals surface area contributed by atoms with Gasteiger partial charge in [0.1, 0.15) is 5.82 Å². The van der Waals surface area contributed by atoms with E-state index in [-0.39, 0.29) is 5.56 Å². The Morgan fingerprint density at radius 1 is 1.06 bits per heavy atom. The number of hydrogen-bond acceptors (Lipinski definition) is 5. The van der Waals surface area contributed by atoms with Crippen LogP contribution in [-0.4, -0.2) is 34.6 Å². The molecule has 0 aliphatic carbocycles. The molecule has 0 saturated heterocycles. The van der Waals surface area contributed by atoms with Gasteiger partial charge in [-0.05, 0) is 55.8 Å². The third-order valence-corrected chi connectivity index (χ3v) is 5.53. The third kappa shape index (κ3) is 4.92. The molecule has 0 radical (unpaired) electrons. The Hall–Kier alpha value is -2.83. The topological polar surface area (TPSA) is 67.5 Å². The van der Waals surface area contributed by atoms with Crippen LogP contribution in [0.15, 0.2) is 47.3 Å². The van der Waals surface area contributed by atoms with Gasteiger partial charge < -0.3 is 14.5 Å². The van der Waals surface area contributed by atoms with Crippen molar-refractivity contribution in [2.75, 3.05) is 19.8 Å². The van der Waals surface area contributed by atoms with Gasteiger partial charge in [-0.1, -0.05) is 17.7 Å². The first-order chi connectivity index (χ1) is 15.1. The van der Waals surface area contributed by atoms with E-state index < -0.39 is 0 Å². The van der Waals surface area contributed by atoms with Gasteiger partial charge in [0.15, 0.2) is 11.5 Å². The quantitative estimate of drug-likeness (QED) is 0.589. The van der Waals surface area contributed by atoms with Gasteiger partial charge in [-0.2, -0.15) is 0 Å². The number of halogens is 1. The third-order valence-electron chi connectivity index (χ3n) is 5.28. The number of fused-ring (bicyclic) bond motifs is 1. The fourth-order valence-corrected chi connectivity index (χ4v) is 3.94. The fourth-order valence-electron chi connectivity index (χ4n) is 3.81. The van der Waals surface area contributed by atoms with Crippen molar-refractivity contribution in [3.05, 3.63) is 74.7 Å². The first-order valence-corrected chi connectivity index (χ1v) is 10.9. The summed E-state index contributed by atoms with van der Waals surface area (Å²) in [7, 11) is 0. The van der Waals surface area contributed by atoms with E-state index in [2.05, 4.69) is 16.0 Å². The molecule has 0 fully saturated rings. The number of aromatic amines is 1. The molecule has 1 aliphatic heterocycles. The van der Waals surface area contributed by atoms with E-state index in [4.69, 9.17) is 26.1 Å². The maximum Gasteiger partial charge on any atom is 0.255 e. The number of rotatable bonds is 7. The number of nitrogens with one attached hydrogen (secondary N) is 1. The lowest BCUT2D eigenvalue weighted by molar-refractivity contribution is 0.240. The van der Waals surface area contributed by atoms with E-state index in [1.54, 1.807) is 12.1 Å². The Morgan fingerprint density at radius 3 is 2.55 bits per heavy atom. The second-order valence-corrected chi connectivity index (χ2v) is 7.89. The predicted molar refractivity (Wildman–Crippen MR) is 122 cm³/mol. The SMILES string of the molecule is CCOc1ccc(CN2CCc3nc(-c4ccc(Cl)cc4)[nH]c(=O)c3C2)cc1OCC. The highest BCUT2D eigenvalue weighted by molar-refractivity contribution is 6.30. The first-order valence-electron chi connectivity index (χ1n) is 10.6. The minimum absolute atomic E-state index is 0.0821. The van der Waals surface area contributed by atoms with E-state index in [0.717, 1.165) is 53.4 Å². The van der Waals surface area contributed by atoms with Crippen molar-refractivity contribution >= 4 is 11.6 Å². The Kier molecular flexibility index (Phi) is 6.59. The van der Waals surface area contributed by atoms with Crippen molar-refractivity contribution in [2.45, 2.75) is 33.4 Å². The minimum Gasteiger partial charge on any atom is -0.490 e. The standard InChI is InChI=1S/C24H26ClN3O3/c1-3-30-21-10-5-16(13-22(21)31-4-2)14-28-12-11-20-19(15-28)24(29)27-23(26-20)17-6-8-18(25)9-7-17/h5-10,13H,3-4,11-12,14-15H2,1-2H3,(H,26,27,29). The Morgan fingerprint density at radius 2 is 1.81 bits per heavy atom. The van der Waals surface area contributed by atoms with E-state index in [0.29, 0.717) is 30.6 Å². The summed E-state index contributed by atoms with van der Waals surface area (Å²) >= 11 is 5.97. The van der Waals surface area contributed by atoms with Crippen LogP contribution in [0.1, 0.15) is 30.7 Å². The molecule has 0 unspecified atom stereocenters. The van der Waals surface area contributed by atoms with E-state index in [1.165, 1.54) is 0 Å². The molecule has 0 saturated carbocycles. The number of nitrogens with zero attached hydrogens (tertiary/aromatic N) is 2. The molecule has 4 rings (SSSR count). The van der Waals surface area contributed by atoms with Crippen LogP contribution in [0.4, 0.5) is 0 Å². The van der Waals surface area contributed by atoms with Crippen LogP contribution in [0.25, 0.3) is 11.4 Å². The summed E-state index contributed by atoms with van der Waals surface area (Å²) in [5.41, 5.74) is 3.50. The predicted octanol–water partition coefficient (Wildman–Crippen LogP) is 4.45. The molecule has 7 heteroatoms. The number of aromatic nitrogens is 2. The molecule has 2 aromatic carbocycles. The largest absolute Gasteiger partial charge is 0.490 e. The first kappa shape index (κ1) is 21.4. The van der Waals surface area contributed by atoms with Gasteiger partial charge >= 0.3 is 0 Å². The van der Waals surface area contributed by atoms with Crippen molar-refractivity contribution < 1.29 is 9.47 Å². The van der Waals surface area contributed by atoms with Gasteiger partial charge in [0, 0.05) is 36.6 Å². The normalized spacial score (nSPS) is 13.6. The monoisotopic (exact) mass is 439 g/mol. The highest BCUT2D eigenvalue weighted by atomic mass is 35.5. The lowest BCUT2D eigenvalue weighted by Gasteiger charge is -2.28. The number of H-pyrrole nitrogens is 1. The second-order valence-electron chi connectivity index (χ2n) is 7.45. The van der Waals surface area contributed by atoms with Crippen LogP contribution in [0.2, 0.25) is 5.02 Å². The van der Waals surface area contributed by atoms with Crippen molar-refractivity contribution in [3.8, 4) is 22.9 Å². The van der Waals surface area contributed by atoms with Gasteiger partial charge in [0.05, 0.1) is 24.5 Å².